The van der Waals surface area contributed by atoms with Gasteiger partial charge >= 0.3 is 0 Å². The zero-order chi connectivity index (χ0) is 9.49. The number of aliphatic carboxylic acids is 1. The van der Waals surface area contributed by atoms with Crippen LogP contribution in [0.2, 0.25) is 0 Å². The molecule has 11 heavy (non-hydrogen) atoms. The predicted molar refractivity (Wildman–Crippen MR) is 44.5 cm³/mol. The molecule has 0 aliphatic carbocycles. The number of carboxylic acids is 1. The molecule has 0 unspecified atom stereocenters. The normalized spacial score (nSPS) is 9.91. The van der Waals surface area contributed by atoms with Gasteiger partial charge in [0.2, 0.25) is 0 Å². The molecule has 0 spiro atoms. The molecule has 0 amide bonds. The Kier molecular flexibility index (Phi) is 7.31. The molecular weight excluding hydrogens is 144 g/mol. The molecule has 0 aromatic carbocycles. The van der Waals surface area contributed by atoms with E-state index in [1.807, 2.05) is 13.8 Å². The lowest BCUT2D eigenvalue weighted by molar-refractivity contribution is -0.134. The van der Waals surface area contributed by atoms with Crippen molar-refractivity contribution in [2.45, 2.75) is 46.1 Å². The van der Waals surface area contributed by atoms with Crippen LogP contribution in [0.25, 0.3) is 0 Å². The third kappa shape index (κ3) is 44.2. The molecule has 0 aliphatic heterocycles. The summed E-state index contributed by atoms with van der Waals surface area (Å²) in [5.41, 5.74) is -0.450. The van der Waals surface area contributed by atoms with Crippen LogP contribution in [0, 0.1) is 0 Å². The van der Waals surface area contributed by atoms with Crippen LogP contribution in [0.3, 0.4) is 0 Å². The summed E-state index contributed by atoms with van der Waals surface area (Å²) in [5, 5.41) is 16.4. The first kappa shape index (κ1) is 13.1. The lowest BCUT2D eigenvalue weighted by Gasteiger charge is -2.14. The molecule has 68 valence electrons. The second kappa shape index (κ2) is 6.16. The fourth-order valence-corrected chi connectivity index (χ4v) is 0.612. The van der Waals surface area contributed by atoms with Crippen LogP contribution in [-0.4, -0.2) is 21.8 Å². The molecule has 0 aromatic heterocycles. The fraction of sp³-hybridized carbons (Fsp3) is 0.875. The molecule has 0 aliphatic rings. The minimum absolute atomic E-state index is 0.450. The van der Waals surface area contributed by atoms with E-state index in [2.05, 4.69) is 6.92 Å². The van der Waals surface area contributed by atoms with E-state index in [4.69, 9.17) is 15.0 Å². The highest BCUT2D eigenvalue weighted by Crippen LogP contribution is 2.08. The van der Waals surface area contributed by atoms with E-state index in [-0.39, 0.29) is 0 Å². The van der Waals surface area contributed by atoms with E-state index >= 15 is 0 Å². The van der Waals surface area contributed by atoms with Crippen molar-refractivity contribution in [3.63, 3.8) is 0 Å². The molecule has 2 N–H and O–H groups in total. The van der Waals surface area contributed by atoms with Crippen molar-refractivity contribution in [2.24, 2.45) is 0 Å². The molecule has 0 radical (unpaired) electrons. The fourth-order valence-electron chi connectivity index (χ4n) is 0.612. The van der Waals surface area contributed by atoms with Crippen LogP contribution in [-0.2, 0) is 4.79 Å². The van der Waals surface area contributed by atoms with Crippen molar-refractivity contribution in [1.29, 1.82) is 0 Å². The van der Waals surface area contributed by atoms with Gasteiger partial charge in [0.25, 0.3) is 5.97 Å². The third-order valence-electron chi connectivity index (χ3n) is 0.862. The summed E-state index contributed by atoms with van der Waals surface area (Å²) < 4.78 is 0. The summed E-state index contributed by atoms with van der Waals surface area (Å²) in [5.74, 6) is -0.833. The highest BCUT2D eigenvalue weighted by atomic mass is 16.4. The van der Waals surface area contributed by atoms with Crippen LogP contribution in [0.15, 0.2) is 0 Å². The van der Waals surface area contributed by atoms with Gasteiger partial charge in [-0.2, -0.15) is 0 Å². The van der Waals surface area contributed by atoms with Gasteiger partial charge in [-0.15, -0.1) is 0 Å². The monoisotopic (exact) mass is 162 g/mol. The van der Waals surface area contributed by atoms with Crippen molar-refractivity contribution in [2.75, 3.05) is 0 Å². The number of aliphatic hydroxyl groups is 1. The predicted octanol–water partition coefficient (Wildman–Crippen LogP) is 1.65. The Balaban J connectivity index is 0. The highest BCUT2D eigenvalue weighted by molar-refractivity contribution is 5.62. The van der Waals surface area contributed by atoms with E-state index in [0.29, 0.717) is 0 Å². The highest BCUT2D eigenvalue weighted by Gasteiger charge is 2.08. The average molecular weight is 162 g/mol. The van der Waals surface area contributed by atoms with E-state index in [9.17, 15) is 0 Å². The molecule has 0 atom stereocenters. The number of carboxylic acid groups (broad SMARTS) is 1. The lowest BCUT2D eigenvalue weighted by Crippen LogP contribution is -2.16. The average Bonchev–Trinajstić information content (AvgIpc) is 1.58. The maximum atomic E-state index is 9.02. The number of hydrogen-bond acceptors (Lipinski definition) is 2. The molecule has 0 saturated carbocycles. The quantitative estimate of drug-likeness (QED) is 0.649. The Bertz CT molecular complexity index is 98.4. The van der Waals surface area contributed by atoms with Crippen LogP contribution < -0.4 is 0 Å². The topological polar surface area (TPSA) is 57.5 Å². The molecule has 3 nitrogen and oxygen atoms in total. The molecule has 0 fully saturated rings. The van der Waals surface area contributed by atoms with E-state index < -0.39 is 11.6 Å². The number of rotatable bonds is 2. The minimum Gasteiger partial charge on any atom is -0.481 e. The van der Waals surface area contributed by atoms with Gasteiger partial charge in [-0.25, -0.2) is 0 Å². The molecule has 0 aromatic rings. The van der Waals surface area contributed by atoms with Crippen molar-refractivity contribution in [3.8, 4) is 0 Å². The SMILES string of the molecule is CC(=O)O.CCCC(C)(C)O. The standard InChI is InChI=1S/C6H14O.C2H4O2/c1-4-5-6(2,3)7;1-2(3)4/h7H,4-5H2,1-3H3;1H3,(H,3,4). The zero-order valence-corrected chi connectivity index (χ0v) is 7.72. The van der Waals surface area contributed by atoms with Gasteiger partial charge in [0.05, 0.1) is 5.60 Å². The third-order valence-corrected chi connectivity index (χ3v) is 0.862. The van der Waals surface area contributed by atoms with Gasteiger partial charge in [0.1, 0.15) is 0 Å². The first-order chi connectivity index (χ1) is 4.79. The molecule has 0 bridgehead atoms. The van der Waals surface area contributed by atoms with Crippen molar-refractivity contribution < 1.29 is 15.0 Å². The summed E-state index contributed by atoms with van der Waals surface area (Å²) in [6, 6.07) is 0. The molecular formula is C8H18O3. The summed E-state index contributed by atoms with van der Waals surface area (Å²) in [7, 11) is 0. The Labute approximate surface area is 68.0 Å². The Morgan fingerprint density at radius 1 is 1.45 bits per heavy atom. The smallest absolute Gasteiger partial charge is 0.300 e. The Morgan fingerprint density at radius 3 is 1.73 bits per heavy atom. The van der Waals surface area contributed by atoms with Gasteiger partial charge in [-0.1, -0.05) is 13.3 Å². The Hall–Kier alpha value is -0.570. The maximum Gasteiger partial charge on any atom is 0.300 e. The second-order valence-electron chi connectivity index (χ2n) is 3.08. The largest absolute Gasteiger partial charge is 0.481 e. The van der Waals surface area contributed by atoms with Crippen LogP contribution in [0.5, 0.6) is 0 Å². The first-order valence-electron chi connectivity index (χ1n) is 3.71. The van der Waals surface area contributed by atoms with Gasteiger partial charge < -0.3 is 10.2 Å². The van der Waals surface area contributed by atoms with Crippen LogP contribution in [0.4, 0.5) is 0 Å². The molecule has 0 heterocycles. The van der Waals surface area contributed by atoms with Gasteiger partial charge in [0.15, 0.2) is 0 Å². The molecule has 0 rings (SSSR count). The lowest BCUT2D eigenvalue weighted by atomic mass is 10.0. The minimum atomic E-state index is -0.833. The summed E-state index contributed by atoms with van der Waals surface area (Å²) in [6.45, 7) is 6.81. The van der Waals surface area contributed by atoms with Crippen LogP contribution >= 0.6 is 0 Å². The van der Waals surface area contributed by atoms with Crippen molar-refractivity contribution in [1.82, 2.24) is 0 Å². The van der Waals surface area contributed by atoms with Crippen molar-refractivity contribution in [3.05, 3.63) is 0 Å². The van der Waals surface area contributed by atoms with Gasteiger partial charge in [-0.05, 0) is 20.3 Å². The number of carbonyl (C=O) groups is 1. The zero-order valence-electron chi connectivity index (χ0n) is 7.72. The molecule has 3 heteroatoms. The summed E-state index contributed by atoms with van der Waals surface area (Å²) in [4.78, 5) is 9.00. The Morgan fingerprint density at radius 2 is 1.73 bits per heavy atom. The van der Waals surface area contributed by atoms with E-state index in [0.717, 1.165) is 19.8 Å². The van der Waals surface area contributed by atoms with Gasteiger partial charge in [0, 0.05) is 6.92 Å². The van der Waals surface area contributed by atoms with Gasteiger partial charge in [-0.3, -0.25) is 4.79 Å². The van der Waals surface area contributed by atoms with E-state index in [1.165, 1.54) is 0 Å². The van der Waals surface area contributed by atoms with Crippen molar-refractivity contribution >= 4 is 5.97 Å². The summed E-state index contributed by atoms with van der Waals surface area (Å²) >= 11 is 0. The summed E-state index contributed by atoms with van der Waals surface area (Å²) in [6.07, 6.45) is 1.95. The van der Waals surface area contributed by atoms with Crippen LogP contribution in [0.1, 0.15) is 40.5 Å². The van der Waals surface area contributed by atoms with E-state index in [1.54, 1.807) is 0 Å². The first-order valence-corrected chi connectivity index (χ1v) is 3.71. The molecule has 0 saturated heterocycles. The maximum absolute atomic E-state index is 9.02. The number of hydrogen-bond donors (Lipinski definition) is 2. The second-order valence-corrected chi connectivity index (χ2v) is 3.08.